The zero-order chi connectivity index (χ0) is 10.6. The molecule has 0 spiro atoms. The summed E-state index contributed by atoms with van der Waals surface area (Å²) in [6, 6.07) is 5.95. The van der Waals surface area contributed by atoms with Gasteiger partial charge in [-0.3, -0.25) is 0 Å². The molecule has 2 N–H and O–H groups in total. The zero-order valence-corrected chi connectivity index (χ0v) is 8.58. The summed E-state index contributed by atoms with van der Waals surface area (Å²) in [5, 5.41) is 0. The molecule has 0 aliphatic carbocycles. The van der Waals surface area contributed by atoms with Gasteiger partial charge in [-0.15, -0.1) is 0 Å². The van der Waals surface area contributed by atoms with Crippen molar-refractivity contribution in [3.05, 3.63) is 48.4 Å². The standard InChI is InChI=1S/C12H15NO/c1-9(2)11-8-10(3)4-5-12(11)14-7-6-13/h4-8H,1,13H2,2-3H3/b7-6-. The van der Waals surface area contributed by atoms with Crippen molar-refractivity contribution < 1.29 is 4.74 Å². The minimum Gasteiger partial charge on any atom is -0.463 e. The molecule has 1 aromatic carbocycles. The van der Waals surface area contributed by atoms with Crippen LogP contribution in [0, 0.1) is 6.92 Å². The van der Waals surface area contributed by atoms with E-state index in [1.54, 1.807) is 0 Å². The highest BCUT2D eigenvalue weighted by molar-refractivity contribution is 5.67. The lowest BCUT2D eigenvalue weighted by Gasteiger charge is -2.08. The molecule has 0 heterocycles. The third kappa shape index (κ3) is 2.39. The Balaban J connectivity index is 3.08. The summed E-state index contributed by atoms with van der Waals surface area (Å²) in [4.78, 5) is 0. The quantitative estimate of drug-likeness (QED) is 0.742. The second kappa shape index (κ2) is 4.51. The van der Waals surface area contributed by atoms with E-state index in [0.29, 0.717) is 0 Å². The average molecular weight is 189 g/mol. The lowest BCUT2D eigenvalue weighted by atomic mass is 10.1. The van der Waals surface area contributed by atoms with Crippen LogP contribution in [-0.4, -0.2) is 0 Å². The predicted octanol–water partition coefficient (Wildman–Crippen LogP) is 2.84. The van der Waals surface area contributed by atoms with E-state index in [1.165, 1.54) is 18.0 Å². The van der Waals surface area contributed by atoms with Gasteiger partial charge in [0.2, 0.25) is 0 Å². The summed E-state index contributed by atoms with van der Waals surface area (Å²) in [7, 11) is 0. The Bertz CT molecular complexity index is 367. The Hall–Kier alpha value is -1.70. The summed E-state index contributed by atoms with van der Waals surface area (Å²) in [6.07, 6.45) is 2.82. The van der Waals surface area contributed by atoms with Crippen molar-refractivity contribution in [2.24, 2.45) is 5.73 Å². The number of hydrogen-bond donors (Lipinski definition) is 1. The molecule has 0 fully saturated rings. The van der Waals surface area contributed by atoms with E-state index >= 15 is 0 Å². The van der Waals surface area contributed by atoms with Crippen molar-refractivity contribution >= 4 is 5.57 Å². The van der Waals surface area contributed by atoms with Crippen molar-refractivity contribution in [3.63, 3.8) is 0 Å². The molecule has 74 valence electrons. The summed E-state index contributed by atoms with van der Waals surface area (Å²) < 4.78 is 5.34. The highest BCUT2D eigenvalue weighted by Crippen LogP contribution is 2.26. The summed E-state index contributed by atoms with van der Waals surface area (Å²) >= 11 is 0. The predicted molar refractivity (Wildman–Crippen MR) is 59.8 cm³/mol. The molecule has 2 heteroatoms. The van der Waals surface area contributed by atoms with Crippen LogP contribution in [0.2, 0.25) is 0 Å². The van der Waals surface area contributed by atoms with Gasteiger partial charge in [-0.2, -0.15) is 0 Å². The van der Waals surface area contributed by atoms with Crippen LogP contribution in [0.25, 0.3) is 5.57 Å². The largest absolute Gasteiger partial charge is 0.463 e. The van der Waals surface area contributed by atoms with Gasteiger partial charge in [0.15, 0.2) is 0 Å². The van der Waals surface area contributed by atoms with E-state index in [-0.39, 0.29) is 0 Å². The van der Waals surface area contributed by atoms with Crippen LogP contribution < -0.4 is 10.5 Å². The molecule has 0 unspecified atom stereocenters. The minimum atomic E-state index is 0.782. The number of rotatable bonds is 3. The SMILES string of the molecule is C=C(C)c1cc(C)ccc1O/C=C\N. The lowest BCUT2D eigenvalue weighted by molar-refractivity contribution is 0.478. The van der Waals surface area contributed by atoms with E-state index in [4.69, 9.17) is 10.5 Å². The molecule has 0 saturated heterocycles. The molecule has 0 aliphatic rings. The maximum absolute atomic E-state index is 5.34. The molecule has 0 bridgehead atoms. The highest BCUT2D eigenvalue weighted by atomic mass is 16.5. The van der Waals surface area contributed by atoms with Crippen LogP contribution in [0.1, 0.15) is 18.1 Å². The van der Waals surface area contributed by atoms with Crippen LogP contribution in [0.15, 0.2) is 37.2 Å². The first-order chi connectivity index (χ1) is 6.65. The van der Waals surface area contributed by atoms with E-state index in [0.717, 1.165) is 16.9 Å². The topological polar surface area (TPSA) is 35.2 Å². The Kier molecular flexibility index (Phi) is 3.35. The molecule has 14 heavy (non-hydrogen) atoms. The Morgan fingerprint density at radius 2 is 2.21 bits per heavy atom. The van der Waals surface area contributed by atoms with Crippen LogP contribution in [-0.2, 0) is 0 Å². The molecule has 0 aromatic heterocycles. The maximum Gasteiger partial charge on any atom is 0.134 e. The third-order valence-corrected chi connectivity index (χ3v) is 1.87. The van der Waals surface area contributed by atoms with Gasteiger partial charge in [0.05, 0.1) is 0 Å². The monoisotopic (exact) mass is 189 g/mol. The van der Waals surface area contributed by atoms with Crippen LogP contribution >= 0.6 is 0 Å². The molecular formula is C12H15NO. The number of benzene rings is 1. The molecule has 2 nitrogen and oxygen atoms in total. The maximum atomic E-state index is 5.34. The van der Waals surface area contributed by atoms with Crippen molar-refractivity contribution in [1.82, 2.24) is 0 Å². The van der Waals surface area contributed by atoms with Crippen molar-refractivity contribution in [3.8, 4) is 5.75 Å². The first-order valence-electron chi connectivity index (χ1n) is 4.45. The fourth-order valence-electron chi connectivity index (χ4n) is 1.19. The fraction of sp³-hybridized carbons (Fsp3) is 0.167. The van der Waals surface area contributed by atoms with Crippen LogP contribution in [0.3, 0.4) is 0 Å². The van der Waals surface area contributed by atoms with Crippen molar-refractivity contribution in [1.29, 1.82) is 0 Å². The van der Waals surface area contributed by atoms with Crippen LogP contribution in [0.4, 0.5) is 0 Å². The van der Waals surface area contributed by atoms with E-state index in [2.05, 4.69) is 6.58 Å². The molecule has 1 rings (SSSR count). The summed E-state index contributed by atoms with van der Waals surface area (Å²) in [6.45, 7) is 7.89. The van der Waals surface area contributed by atoms with Gasteiger partial charge in [-0.25, -0.2) is 0 Å². The van der Waals surface area contributed by atoms with Gasteiger partial charge < -0.3 is 10.5 Å². The normalized spacial score (nSPS) is 10.4. The number of aryl methyl sites for hydroxylation is 1. The smallest absolute Gasteiger partial charge is 0.134 e. The average Bonchev–Trinajstić information content (AvgIpc) is 2.15. The number of allylic oxidation sites excluding steroid dienone is 1. The van der Waals surface area contributed by atoms with Crippen molar-refractivity contribution in [2.75, 3.05) is 0 Å². The minimum absolute atomic E-state index is 0.782. The zero-order valence-electron chi connectivity index (χ0n) is 8.58. The van der Waals surface area contributed by atoms with Gasteiger partial charge in [-0.1, -0.05) is 18.2 Å². The highest BCUT2D eigenvalue weighted by Gasteiger charge is 2.03. The Morgan fingerprint density at radius 1 is 1.50 bits per heavy atom. The molecule has 0 atom stereocenters. The third-order valence-electron chi connectivity index (χ3n) is 1.87. The summed E-state index contributed by atoms with van der Waals surface area (Å²) in [5.74, 6) is 0.782. The van der Waals surface area contributed by atoms with E-state index < -0.39 is 0 Å². The van der Waals surface area contributed by atoms with Crippen molar-refractivity contribution in [2.45, 2.75) is 13.8 Å². The number of nitrogens with two attached hydrogens (primary N) is 1. The van der Waals surface area contributed by atoms with Gasteiger partial charge in [-0.05, 0) is 31.6 Å². The van der Waals surface area contributed by atoms with Gasteiger partial charge in [0.1, 0.15) is 12.0 Å². The molecule has 0 radical (unpaired) electrons. The molecule has 1 aromatic rings. The second-order valence-corrected chi connectivity index (χ2v) is 3.23. The summed E-state index contributed by atoms with van der Waals surface area (Å²) in [5.41, 5.74) is 8.39. The fourth-order valence-corrected chi connectivity index (χ4v) is 1.19. The number of hydrogen-bond acceptors (Lipinski definition) is 2. The lowest BCUT2D eigenvalue weighted by Crippen LogP contribution is -1.91. The molecule has 0 amide bonds. The van der Waals surface area contributed by atoms with Gasteiger partial charge >= 0.3 is 0 Å². The van der Waals surface area contributed by atoms with Gasteiger partial charge in [0, 0.05) is 11.8 Å². The molecular weight excluding hydrogens is 174 g/mol. The van der Waals surface area contributed by atoms with Gasteiger partial charge in [0.25, 0.3) is 0 Å². The molecule has 0 aliphatic heterocycles. The number of ether oxygens (including phenoxy) is 1. The first-order valence-corrected chi connectivity index (χ1v) is 4.45. The Labute approximate surface area is 84.7 Å². The van der Waals surface area contributed by atoms with E-state index in [1.807, 2.05) is 32.0 Å². The second-order valence-electron chi connectivity index (χ2n) is 3.23. The Morgan fingerprint density at radius 3 is 2.79 bits per heavy atom. The van der Waals surface area contributed by atoms with E-state index in [9.17, 15) is 0 Å². The first kappa shape index (κ1) is 10.4. The molecule has 0 saturated carbocycles. The van der Waals surface area contributed by atoms with Crippen LogP contribution in [0.5, 0.6) is 5.75 Å².